The highest BCUT2D eigenvalue weighted by molar-refractivity contribution is 6.04. The second-order valence-corrected chi connectivity index (χ2v) is 4.71. The van der Waals surface area contributed by atoms with Crippen LogP contribution >= 0.6 is 0 Å². The van der Waals surface area contributed by atoms with Crippen molar-refractivity contribution in [2.24, 2.45) is 5.73 Å². The highest BCUT2D eigenvalue weighted by Crippen LogP contribution is 2.26. The minimum Gasteiger partial charge on any atom is -1.00 e. The fourth-order valence-corrected chi connectivity index (χ4v) is 2.54. The summed E-state index contributed by atoms with van der Waals surface area (Å²) in [5, 5.41) is 3.33. The van der Waals surface area contributed by atoms with Gasteiger partial charge in [-0.2, -0.15) is 0 Å². The van der Waals surface area contributed by atoms with Crippen LogP contribution < -0.4 is 23.5 Å². The number of imidazole rings is 1. The van der Waals surface area contributed by atoms with Gasteiger partial charge in [0.25, 0.3) is 5.91 Å². The highest BCUT2D eigenvalue weighted by Gasteiger charge is 2.20. The number of fused-ring (bicyclic) bond motifs is 1. The molecule has 0 unspecified atom stereocenters. The number of aromatic nitrogens is 2. The normalized spacial score (nSPS) is 16.2. The largest absolute Gasteiger partial charge is 1.00 e. The van der Waals surface area contributed by atoms with Gasteiger partial charge >= 0.3 is 0 Å². The third-order valence-corrected chi connectivity index (χ3v) is 3.52. The number of benzene rings is 1. The van der Waals surface area contributed by atoms with E-state index < -0.39 is 5.91 Å². The number of carbonyl (C=O) groups excluding carboxylic acids is 1. The van der Waals surface area contributed by atoms with Crippen molar-refractivity contribution < 1.29 is 17.2 Å². The SMILES string of the molecule is NC(=O)c1cccc2[nH]c(C3CCNCC3)nc12.[Cl-]. The zero-order chi connectivity index (χ0) is 12.5. The number of aromatic amines is 1. The van der Waals surface area contributed by atoms with Crippen molar-refractivity contribution in [1.29, 1.82) is 0 Å². The maximum absolute atomic E-state index is 11.4. The van der Waals surface area contributed by atoms with E-state index in [9.17, 15) is 4.79 Å². The molecule has 3 rings (SSSR count). The average Bonchev–Trinajstić information content (AvgIpc) is 2.83. The molecular weight excluding hydrogens is 264 g/mol. The van der Waals surface area contributed by atoms with Crippen LogP contribution in [0.4, 0.5) is 0 Å². The minimum atomic E-state index is -0.427. The van der Waals surface area contributed by atoms with Crippen LogP contribution in [-0.4, -0.2) is 29.0 Å². The molecule has 1 aromatic carbocycles. The molecule has 2 heterocycles. The van der Waals surface area contributed by atoms with E-state index in [0.717, 1.165) is 37.3 Å². The number of amides is 1. The van der Waals surface area contributed by atoms with Crippen LogP contribution in [0.15, 0.2) is 18.2 Å². The van der Waals surface area contributed by atoms with Gasteiger partial charge in [-0.05, 0) is 38.1 Å². The van der Waals surface area contributed by atoms with Crippen LogP contribution in [0.3, 0.4) is 0 Å². The Morgan fingerprint density at radius 1 is 1.32 bits per heavy atom. The van der Waals surface area contributed by atoms with Gasteiger partial charge in [-0.25, -0.2) is 4.98 Å². The number of piperidine rings is 1. The second-order valence-electron chi connectivity index (χ2n) is 4.71. The van der Waals surface area contributed by atoms with Gasteiger partial charge in [0, 0.05) is 5.92 Å². The molecule has 1 aromatic heterocycles. The Labute approximate surface area is 117 Å². The van der Waals surface area contributed by atoms with Gasteiger partial charge in [0.2, 0.25) is 0 Å². The smallest absolute Gasteiger partial charge is 0.250 e. The molecule has 102 valence electrons. The summed E-state index contributed by atoms with van der Waals surface area (Å²) in [7, 11) is 0. The maximum Gasteiger partial charge on any atom is 0.250 e. The molecule has 0 spiro atoms. The number of nitrogens with one attached hydrogen (secondary N) is 2. The molecule has 0 aliphatic carbocycles. The highest BCUT2D eigenvalue weighted by atomic mass is 35.5. The van der Waals surface area contributed by atoms with Gasteiger partial charge in [0.05, 0.1) is 11.1 Å². The third-order valence-electron chi connectivity index (χ3n) is 3.52. The topological polar surface area (TPSA) is 83.8 Å². The minimum absolute atomic E-state index is 0. The van der Waals surface area contributed by atoms with E-state index in [1.165, 1.54) is 0 Å². The Morgan fingerprint density at radius 2 is 2.05 bits per heavy atom. The zero-order valence-corrected chi connectivity index (χ0v) is 11.2. The summed E-state index contributed by atoms with van der Waals surface area (Å²) < 4.78 is 0. The number of hydrogen-bond acceptors (Lipinski definition) is 3. The third kappa shape index (κ3) is 2.57. The number of carbonyl (C=O) groups is 1. The van der Waals surface area contributed by atoms with E-state index in [1.807, 2.05) is 12.1 Å². The number of hydrogen-bond donors (Lipinski definition) is 3. The lowest BCUT2D eigenvalue weighted by Crippen LogP contribution is -3.00. The molecule has 0 saturated carbocycles. The van der Waals surface area contributed by atoms with Gasteiger partial charge in [0.15, 0.2) is 0 Å². The lowest BCUT2D eigenvalue weighted by Gasteiger charge is -2.20. The van der Waals surface area contributed by atoms with Crippen LogP contribution in [0.5, 0.6) is 0 Å². The van der Waals surface area contributed by atoms with Crippen molar-refractivity contribution in [2.45, 2.75) is 18.8 Å². The van der Waals surface area contributed by atoms with Gasteiger partial charge in [-0.1, -0.05) is 6.07 Å². The molecule has 1 saturated heterocycles. The molecule has 4 N–H and O–H groups in total. The monoisotopic (exact) mass is 279 g/mol. The van der Waals surface area contributed by atoms with Gasteiger partial charge in [-0.3, -0.25) is 4.79 Å². The van der Waals surface area contributed by atoms with Gasteiger partial charge in [-0.15, -0.1) is 0 Å². The van der Waals surface area contributed by atoms with E-state index in [0.29, 0.717) is 17.0 Å². The zero-order valence-electron chi connectivity index (χ0n) is 10.4. The lowest BCUT2D eigenvalue weighted by atomic mass is 9.98. The molecule has 1 amide bonds. The number of nitrogens with two attached hydrogens (primary N) is 1. The van der Waals surface area contributed by atoms with Gasteiger partial charge < -0.3 is 28.4 Å². The first-order valence-electron chi connectivity index (χ1n) is 6.25. The summed E-state index contributed by atoms with van der Waals surface area (Å²) in [5.74, 6) is 0.989. The van der Waals surface area contributed by atoms with Crippen molar-refractivity contribution >= 4 is 16.9 Å². The lowest BCUT2D eigenvalue weighted by molar-refractivity contribution is -0.0000122. The van der Waals surface area contributed by atoms with Crippen LogP contribution in [0.25, 0.3) is 11.0 Å². The second kappa shape index (κ2) is 5.59. The molecule has 1 fully saturated rings. The Kier molecular flexibility index (Phi) is 4.07. The molecule has 0 atom stereocenters. The summed E-state index contributed by atoms with van der Waals surface area (Å²) in [6.45, 7) is 2.04. The van der Waals surface area contributed by atoms with E-state index >= 15 is 0 Å². The Balaban J connectivity index is 0.00000133. The number of primary amides is 1. The number of nitrogens with zero attached hydrogens (tertiary/aromatic N) is 1. The predicted molar refractivity (Wildman–Crippen MR) is 69.5 cm³/mol. The first-order chi connectivity index (χ1) is 8.75. The molecule has 1 aliphatic heterocycles. The van der Waals surface area contributed by atoms with Crippen molar-refractivity contribution in [3.8, 4) is 0 Å². The molecule has 5 nitrogen and oxygen atoms in total. The molecular formula is C13H16ClN4O-. The Morgan fingerprint density at radius 3 is 2.74 bits per heavy atom. The van der Waals surface area contributed by atoms with Crippen molar-refractivity contribution in [2.75, 3.05) is 13.1 Å². The van der Waals surface area contributed by atoms with E-state index in [1.54, 1.807) is 6.07 Å². The van der Waals surface area contributed by atoms with Crippen LogP contribution in [-0.2, 0) is 0 Å². The number of halogens is 1. The molecule has 0 bridgehead atoms. The fraction of sp³-hybridized carbons (Fsp3) is 0.385. The van der Waals surface area contributed by atoms with E-state index in [-0.39, 0.29) is 12.4 Å². The fourth-order valence-electron chi connectivity index (χ4n) is 2.54. The van der Waals surface area contributed by atoms with E-state index in [4.69, 9.17) is 5.73 Å². The van der Waals surface area contributed by atoms with Crippen molar-refractivity contribution in [3.05, 3.63) is 29.6 Å². The quantitative estimate of drug-likeness (QED) is 0.602. The maximum atomic E-state index is 11.4. The first-order valence-corrected chi connectivity index (χ1v) is 6.25. The molecule has 0 radical (unpaired) electrons. The van der Waals surface area contributed by atoms with Crippen LogP contribution in [0, 0.1) is 0 Å². The first kappa shape index (κ1) is 13.8. The Hall–Kier alpha value is -1.59. The summed E-state index contributed by atoms with van der Waals surface area (Å²) in [6.07, 6.45) is 2.15. The molecule has 6 heteroatoms. The molecule has 19 heavy (non-hydrogen) atoms. The van der Waals surface area contributed by atoms with Crippen LogP contribution in [0.2, 0.25) is 0 Å². The standard InChI is InChI=1S/C13H16N4O.ClH/c14-12(18)9-2-1-3-10-11(9)17-13(16-10)8-4-6-15-7-5-8;/h1-3,8,15H,4-7H2,(H2,14,18)(H,16,17);1H/p-1. The van der Waals surface area contributed by atoms with Crippen LogP contribution in [0.1, 0.15) is 34.9 Å². The summed E-state index contributed by atoms with van der Waals surface area (Å²) in [6, 6.07) is 5.48. The summed E-state index contributed by atoms with van der Waals surface area (Å²) >= 11 is 0. The Bertz CT molecular complexity index is 589. The summed E-state index contributed by atoms with van der Waals surface area (Å²) in [5.41, 5.74) is 7.44. The van der Waals surface area contributed by atoms with E-state index in [2.05, 4.69) is 15.3 Å². The van der Waals surface area contributed by atoms with Gasteiger partial charge in [0.1, 0.15) is 11.3 Å². The molecule has 1 aliphatic rings. The van der Waals surface area contributed by atoms with Crippen molar-refractivity contribution in [3.63, 3.8) is 0 Å². The average molecular weight is 280 g/mol. The predicted octanol–water partition coefficient (Wildman–Crippen LogP) is -1.87. The summed E-state index contributed by atoms with van der Waals surface area (Å²) in [4.78, 5) is 19.2. The number of rotatable bonds is 2. The number of H-pyrrole nitrogens is 1. The van der Waals surface area contributed by atoms with Crippen molar-refractivity contribution in [1.82, 2.24) is 15.3 Å². The number of para-hydroxylation sites is 1. The molecule has 2 aromatic rings.